The molecule has 0 aliphatic heterocycles. The largest absolute Gasteiger partial charge is 0.394 e. The average molecular weight is 251 g/mol. The van der Waals surface area contributed by atoms with Crippen molar-refractivity contribution in [2.45, 2.75) is 25.8 Å². The van der Waals surface area contributed by atoms with Crippen LogP contribution in [0.5, 0.6) is 0 Å². The van der Waals surface area contributed by atoms with Crippen molar-refractivity contribution in [1.82, 2.24) is 5.32 Å². The fourth-order valence-electron chi connectivity index (χ4n) is 1.66. The van der Waals surface area contributed by atoms with Crippen LogP contribution < -0.4 is 5.32 Å². The Morgan fingerprint density at radius 2 is 2.06 bits per heavy atom. The molecule has 100 valence electrons. The van der Waals surface area contributed by atoms with E-state index in [9.17, 15) is 9.90 Å². The highest BCUT2D eigenvalue weighted by Gasteiger charge is 2.27. The Balaban J connectivity index is 2.63. The highest BCUT2D eigenvalue weighted by molar-refractivity contribution is 5.78. The normalized spacial score (nSPS) is 13.9. The summed E-state index contributed by atoms with van der Waals surface area (Å²) in [5.41, 5.74) is 0.102. The van der Waals surface area contributed by atoms with Crippen molar-refractivity contribution in [3.63, 3.8) is 0 Å². The van der Waals surface area contributed by atoms with Gasteiger partial charge in [0.1, 0.15) is 6.61 Å². The zero-order valence-corrected chi connectivity index (χ0v) is 11.0. The molecule has 0 bridgehead atoms. The van der Waals surface area contributed by atoms with E-state index in [0.717, 1.165) is 12.0 Å². The van der Waals surface area contributed by atoms with Crippen molar-refractivity contribution in [1.29, 1.82) is 0 Å². The maximum absolute atomic E-state index is 11.7. The number of hydrogen-bond donors (Lipinski definition) is 2. The summed E-state index contributed by atoms with van der Waals surface area (Å²) >= 11 is 0. The predicted molar refractivity (Wildman–Crippen MR) is 70.1 cm³/mol. The van der Waals surface area contributed by atoms with Crippen LogP contribution in [0.25, 0.3) is 0 Å². The lowest BCUT2D eigenvalue weighted by Crippen LogP contribution is -2.47. The first kappa shape index (κ1) is 14.7. The predicted octanol–water partition coefficient (Wildman–Crippen LogP) is 1.44. The molecule has 0 heterocycles. The molecule has 4 heteroatoms. The molecule has 4 nitrogen and oxygen atoms in total. The summed E-state index contributed by atoms with van der Waals surface area (Å²) in [6.45, 7) is 4.21. The molecule has 0 saturated carbocycles. The molecule has 1 amide bonds. The van der Waals surface area contributed by atoms with Crippen LogP contribution in [0.15, 0.2) is 30.3 Å². The minimum absolute atomic E-state index is 0.0241. The van der Waals surface area contributed by atoms with Gasteiger partial charge in [0.05, 0.1) is 12.1 Å². The monoisotopic (exact) mass is 251 g/mol. The Labute approximate surface area is 108 Å². The van der Waals surface area contributed by atoms with E-state index in [0.29, 0.717) is 6.61 Å². The molecule has 0 aliphatic rings. The van der Waals surface area contributed by atoms with E-state index in [2.05, 4.69) is 5.32 Å². The summed E-state index contributed by atoms with van der Waals surface area (Å²) in [5, 5.41) is 12.3. The maximum Gasteiger partial charge on any atom is 0.246 e. The molecule has 2 N–H and O–H groups in total. The molecule has 1 aromatic rings. The number of amides is 1. The summed E-state index contributed by atoms with van der Waals surface area (Å²) in [6, 6.07) is 9.41. The first-order valence-electron chi connectivity index (χ1n) is 6.17. The summed E-state index contributed by atoms with van der Waals surface area (Å²) in [6.07, 6.45) is 0.878. The second kappa shape index (κ2) is 7.13. The fraction of sp³-hybridized carbons (Fsp3) is 0.500. The van der Waals surface area contributed by atoms with Gasteiger partial charge in [0.25, 0.3) is 0 Å². The summed E-state index contributed by atoms with van der Waals surface area (Å²) in [7, 11) is 0. The van der Waals surface area contributed by atoms with Gasteiger partial charge >= 0.3 is 0 Å². The number of ether oxygens (including phenoxy) is 1. The van der Waals surface area contributed by atoms with Crippen molar-refractivity contribution < 1.29 is 14.6 Å². The van der Waals surface area contributed by atoms with E-state index >= 15 is 0 Å². The second-order valence-corrected chi connectivity index (χ2v) is 4.46. The third kappa shape index (κ3) is 4.13. The van der Waals surface area contributed by atoms with Crippen LogP contribution in [0.4, 0.5) is 0 Å². The Kier molecular flexibility index (Phi) is 5.82. The van der Waals surface area contributed by atoms with Gasteiger partial charge in [0.2, 0.25) is 5.91 Å². The van der Waals surface area contributed by atoms with Crippen molar-refractivity contribution >= 4 is 5.91 Å². The molecule has 1 unspecified atom stereocenters. The number of carbonyl (C=O) groups excluding carboxylic acids is 1. The average Bonchev–Trinajstić information content (AvgIpc) is 2.40. The van der Waals surface area contributed by atoms with Crippen LogP contribution in [0.3, 0.4) is 0 Å². The number of hydrogen-bond acceptors (Lipinski definition) is 3. The molecule has 1 aromatic carbocycles. The zero-order valence-electron chi connectivity index (χ0n) is 11.0. The molecule has 1 rings (SSSR count). The first-order valence-corrected chi connectivity index (χ1v) is 6.17. The smallest absolute Gasteiger partial charge is 0.246 e. The number of aliphatic hydroxyl groups is 1. The Morgan fingerprint density at radius 3 is 2.61 bits per heavy atom. The standard InChI is InChI=1S/C14H21NO3/c1-3-9-18-10-13(17)15-14(2,11-16)12-7-5-4-6-8-12/h4-8,16H,3,9-11H2,1-2H3,(H,15,17). The highest BCUT2D eigenvalue weighted by atomic mass is 16.5. The number of nitrogens with one attached hydrogen (secondary N) is 1. The molecule has 0 aliphatic carbocycles. The zero-order chi connectivity index (χ0) is 13.4. The minimum Gasteiger partial charge on any atom is -0.394 e. The number of aliphatic hydroxyl groups excluding tert-OH is 1. The third-order valence-corrected chi connectivity index (χ3v) is 2.72. The summed E-state index contributed by atoms with van der Waals surface area (Å²) in [5.74, 6) is -0.219. The van der Waals surface area contributed by atoms with Gasteiger partial charge in [-0.05, 0) is 18.9 Å². The molecular weight excluding hydrogens is 230 g/mol. The van der Waals surface area contributed by atoms with Crippen LogP contribution in [0.2, 0.25) is 0 Å². The van der Waals surface area contributed by atoms with Gasteiger partial charge in [-0.3, -0.25) is 4.79 Å². The molecule has 18 heavy (non-hydrogen) atoms. The summed E-state index contributed by atoms with van der Waals surface area (Å²) < 4.78 is 5.18. The van der Waals surface area contributed by atoms with E-state index in [1.54, 1.807) is 6.92 Å². The number of rotatable bonds is 7. The van der Waals surface area contributed by atoms with Crippen LogP contribution in [-0.2, 0) is 15.1 Å². The number of carbonyl (C=O) groups is 1. The van der Waals surface area contributed by atoms with Crippen molar-refractivity contribution in [2.75, 3.05) is 19.8 Å². The van der Waals surface area contributed by atoms with Crippen molar-refractivity contribution in [3.05, 3.63) is 35.9 Å². The molecule has 0 spiro atoms. The van der Waals surface area contributed by atoms with Gasteiger partial charge in [-0.15, -0.1) is 0 Å². The van der Waals surface area contributed by atoms with Crippen LogP contribution >= 0.6 is 0 Å². The lowest BCUT2D eigenvalue weighted by Gasteiger charge is -2.29. The van der Waals surface area contributed by atoms with Crippen molar-refractivity contribution in [3.8, 4) is 0 Å². The third-order valence-electron chi connectivity index (χ3n) is 2.72. The molecule has 0 fully saturated rings. The van der Waals surface area contributed by atoms with E-state index in [4.69, 9.17) is 4.74 Å². The lowest BCUT2D eigenvalue weighted by molar-refractivity contribution is -0.128. The molecule has 0 saturated heterocycles. The second-order valence-electron chi connectivity index (χ2n) is 4.46. The molecular formula is C14H21NO3. The Bertz CT molecular complexity index is 367. The van der Waals surface area contributed by atoms with Crippen LogP contribution in [-0.4, -0.2) is 30.8 Å². The van der Waals surface area contributed by atoms with E-state index < -0.39 is 5.54 Å². The lowest BCUT2D eigenvalue weighted by atomic mass is 9.93. The van der Waals surface area contributed by atoms with E-state index in [1.165, 1.54) is 0 Å². The van der Waals surface area contributed by atoms with Gasteiger partial charge in [0, 0.05) is 6.61 Å². The topological polar surface area (TPSA) is 58.6 Å². The fourth-order valence-corrected chi connectivity index (χ4v) is 1.66. The Hall–Kier alpha value is -1.39. The maximum atomic E-state index is 11.7. The molecule has 0 aromatic heterocycles. The van der Waals surface area contributed by atoms with Gasteiger partial charge in [-0.2, -0.15) is 0 Å². The van der Waals surface area contributed by atoms with Gasteiger partial charge in [-0.1, -0.05) is 37.3 Å². The molecule has 0 radical (unpaired) electrons. The molecule has 1 atom stereocenters. The quantitative estimate of drug-likeness (QED) is 0.721. The van der Waals surface area contributed by atoms with E-state index in [1.807, 2.05) is 37.3 Å². The first-order chi connectivity index (χ1) is 8.62. The van der Waals surface area contributed by atoms with Crippen LogP contribution in [0, 0.1) is 0 Å². The summed E-state index contributed by atoms with van der Waals surface area (Å²) in [4.78, 5) is 11.7. The van der Waals surface area contributed by atoms with Gasteiger partial charge in [0.15, 0.2) is 0 Å². The van der Waals surface area contributed by atoms with Crippen molar-refractivity contribution in [2.24, 2.45) is 0 Å². The SMILES string of the molecule is CCCOCC(=O)NC(C)(CO)c1ccccc1. The van der Waals surface area contributed by atoms with Gasteiger partial charge in [-0.25, -0.2) is 0 Å². The van der Waals surface area contributed by atoms with Gasteiger partial charge < -0.3 is 15.2 Å². The minimum atomic E-state index is -0.770. The Morgan fingerprint density at radius 1 is 1.39 bits per heavy atom. The van der Waals surface area contributed by atoms with Crippen LogP contribution in [0.1, 0.15) is 25.8 Å². The highest BCUT2D eigenvalue weighted by Crippen LogP contribution is 2.19. The van der Waals surface area contributed by atoms with E-state index in [-0.39, 0.29) is 19.1 Å². The number of benzene rings is 1.